The molecule has 0 amide bonds. The van der Waals surface area contributed by atoms with Gasteiger partial charge >= 0.3 is 5.97 Å². The maximum absolute atomic E-state index is 12.2. The van der Waals surface area contributed by atoms with Gasteiger partial charge in [-0.25, -0.2) is 4.79 Å². The summed E-state index contributed by atoms with van der Waals surface area (Å²) in [5, 5.41) is 0. The molecular weight excluding hydrogens is 348 g/mol. The first-order chi connectivity index (χ1) is 13.0. The molecule has 6 heteroatoms. The van der Waals surface area contributed by atoms with Crippen LogP contribution < -0.4 is 14.2 Å². The number of rotatable bonds is 8. The van der Waals surface area contributed by atoms with Gasteiger partial charge in [-0.05, 0) is 30.7 Å². The van der Waals surface area contributed by atoms with Crippen LogP contribution in [0.5, 0.6) is 17.2 Å². The molecule has 0 saturated heterocycles. The van der Waals surface area contributed by atoms with Crippen molar-refractivity contribution in [3.05, 3.63) is 59.7 Å². The van der Waals surface area contributed by atoms with Crippen LogP contribution in [-0.2, 0) is 9.53 Å². The molecule has 0 spiro atoms. The van der Waals surface area contributed by atoms with Crippen LogP contribution in [0, 0.1) is 0 Å². The third-order valence-corrected chi connectivity index (χ3v) is 3.82. The van der Waals surface area contributed by atoms with Crippen LogP contribution in [0.3, 0.4) is 0 Å². The quantitative estimate of drug-likeness (QED) is 0.402. The lowest BCUT2D eigenvalue weighted by molar-refractivity contribution is -0.140. The summed E-state index contributed by atoms with van der Waals surface area (Å²) in [6.45, 7) is 1.54. The first-order valence-corrected chi connectivity index (χ1v) is 8.28. The number of carbonyl (C=O) groups excluding carboxylic acids is 2. The predicted octanol–water partition coefficient (Wildman–Crippen LogP) is 3.54. The van der Waals surface area contributed by atoms with Crippen molar-refractivity contribution in [3.8, 4) is 17.2 Å². The van der Waals surface area contributed by atoms with Crippen molar-refractivity contribution in [1.82, 2.24) is 0 Å². The summed E-state index contributed by atoms with van der Waals surface area (Å²) in [5.41, 5.74) is 1.15. The zero-order chi connectivity index (χ0) is 19.8. The largest absolute Gasteiger partial charge is 0.493 e. The highest BCUT2D eigenvalue weighted by Crippen LogP contribution is 2.38. The predicted molar refractivity (Wildman–Crippen MR) is 101 cm³/mol. The summed E-state index contributed by atoms with van der Waals surface area (Å²) in [6.07, 6.45) is 1.91. The highest BCUT2D eigenvalue weighted by molar-refractivity contribution is 6.01. The Labute approximate surface area is 158 Å². The second-order valence-corrected chi connectivity index (χ2v) is 5.60. The van der Waals surface area contributed by atoms with E-state index in [1.165, 1.54) is 27.4 Å². The molecule has 0 aliphatic rings. The molecule has 0 bridgehead atoms. The minimum atomic E-state index is -0.885. The highest BCUT2D eigenvalue weighted by Gasteiger charge is 2.18. The summed E-state index contributed by atoms with van der Waals surface area (Å²) < 4.78 is 21.0. The van der Waals surface area contributed by atoms with Gasteiger partial charge in [-0.15, -0.1) is 0 Å². The number of esters is 1. The number of carbonyl (C=O) groups is 2. The van der Waals surface area contributed by atoms with E-state index in [0.29, 0.717) is 28.4 Å². The Morgan fingerprint density at radius 3 is 2.04 bits per heavy atom. The summed E-state index contributed by atoms with van der Waals surface area (Å²) in [4.78, 5) is 24.3. The average molecular weight is 370 g/mol. The minimum absolute atomic E-state index is 0.259. The third-order valence-electron chi connectivity index (χ3n) is 3.82. The number of hydrogen-bond donors (Lipinski definition) is 0. The second-order valence-electron chi connectivity index (χ2n) is 5.60. The van der Waals surface area contributed by atoms with E-state index in [4.69, 9.17) is 18.9 Å². The molecule has 2 aromatic carbocycles. The maximum Gasteiger partial charge on any atom is 0.331 e. The molecule has 0 heterocycles. The van der Waals surface area contributed by atoms with E-state index in [0.717, 1.165) is 0 Å². The topological polar surface area (TPSA) is 71.1 Å². The molecule has 2 rings (SSSR count). The van der Waals surface area contributed by atoms with Crippen LogP contribution >= 0.6 is 0 Å². The molecule has 27 heavy (non-hydrogen) atoms. The SMILES string of the molecule is COc1cc(C=CC(=O)OC(C)C(=O)c2ccccc2)cc(OC)c1OC. The Hall–Kier alpha value is -3.28. The van der Waals surface area contributed by atoms with Crippen molar-refractivity contribution < 1.29 is 28.5 Å². The molecule has 0 aromatic heterocycles. The van der Waals surface area contributed by atoms with Gasteiger partial charge in [0.15, 0.2) is 17.6 Å². The van der Waals surface area contributed by atoms with Crippen molar-refractivity contribution in [2.75, 3.05) is 21.3 Å². The smallest absolute Gasteiger partial charge is 0.331 e. The van der Waals surface area contributed by atoms with Crippen molar-refractivity contribution in [2.45, 2.75) is 13.0 Å². The standard InChI is InChI=1S/C21H22O6/c1-14(20(23)16-8-6-5-7-9-16)27-19(22)11-10-15-12-17(24-2)21(26-4)18(13-15)25-3/h5-14H,1-4H3. The lowest BCUT2D eigenvalue weighted by atomic mass is 10.1. The van der Waals surface area contributed by atoms with E-state index in [1.54, 1.807) is 49.4 Å². The normalized spacial score (nSPS) is 11.7. The minimum Gasteiger partial charge on any atom is -0.493 e. The summed E-state index contributed by atoms with van der Waals surface area (Å²) in [7, 11) is 4.53. The van der Waals surface area contributed by atoms with E-state index < -0.39 is 12.1 Å². The molecule has 1 unspecified atom stereocenters. The molecule has 6 nitrogen and oxygen atoms in total. The molecule has 0 aliphatic heterocycles. The summed E-state index contributed by atoms with van der Waals surface area (Å²) in [6, 6.07) is 12.1. The molecular formula is C21H22O6. The van der Waals surface area contributed by atoms with Gasteiger partial charge in [0, 0.05) is 11.6 Å². The van der Waals surface area contributed by atoms with Gasteiger partial charge in [0.25, 0.3) is 0 Å². The number of ether oxygens (including phenoxy) is 4. The van der Waals surface area contributed by atoms with Gasteiger partial charge in [0.1, 0.15) is 0 Å². The Bertz CT molecular complexity index is 801. The van der Waals surface area contributed by atoms with Crippen molar-refractivity contribution in [2.24, 2.45) is 0 Å². The van der Waals surface area contributed by atoms with Crippen LogP contribution in [0.15, 0.2) is 48.5 Å². The summed E-state index contributed by atoms with van der Waals surface area (Å²) in [5.74, 6) is 0.516. The van der Waals surface area contributed by atoms with Crippen molar-refractivity contribution in [3.63, 3.8) is 0 Å². The summed E-state index contributed by atoms with van der Waals surface area (Å²) >= 11 is 0. The molecule has 0 radical (unpaired) electrons. The van der Waals surface area contributed by atoms with E-state index >= 15 is 0 Å². The van der Waals surface area contributed by atoms with Gasteiger partial charge in [0.05, 0.1) is 21.3 Å². The zero-order valence-electron chi connectivity index (χ0n) is 15.7. The van der Waals surface area contributed by atoms with Crippen LogP contribution in [0.4, 0.5) is 0 Å². The van der Waals surface area contributed by atoms with E-state index in [1.807, 2.05) is 6.07 Å². The first kappa shape index (κ1) is 20.0. The van der Waals surface area contributed by atoms with Crippen LogP contribution in [0.25, 0.3) is 6.08 Å². The average Bonchev–Trinajstić information content (AvgIpc) is 2.71. The van der Waals surface area contributed by atoms with Gasteiger partial charge in [-0.2, -0.15) is 0 Å². The Balaban J connectivity index is 2.09. The number of benzene rings is 2. The lowest BCUT2D eigenvalue weighted by Gasteiger charge is -2.13. The third kappa shape index (κ3) is 5.10. The number of Topliss-reactive ketones (excluding diaryl/α,β-unsaturated/α-hetero) is 1. The maximum atomic E-state index is 12.2. The number of hydrogen-bond acceptors (Lipinski definition) is 6. The molecule has 142 valence electrons. The van der Waals surface area contributed by atoms with Gasteiger partial charge in [0.2, 0.25) is 11.5 Å². The highest BCUT2D eigenvalue weighted by atomic mass is 16.5. The molecule has 2 aromatic rings. The van der Waals surface area contributed by atoms with E-state index in [2.05, 4.69) is 0 Å². The number of methoxy groups -OCH3 is 3. The van der Waals surface area contributed by atoms with Gasteiger partial charge < -0.3 is 18.9 Å². The van der Waals surface area contributed by atoms with Gasteiger partial charge in [-0.1, -0.05) is 30.3 Å². The fraction of sp³-hybridized carbons (Fsp3) is 0.238. The van der Waals surface area contributed by atoms with Crippen molar-refractivity contribution in [1.29, 1.82) is 0 Å². The molecule has 0 fully saturated rings. The number of ketones is 1. The zero-order valence-corrected chi connectivity index (χ0v) is 15.7. The fourth-order valence-corrected chi connectivity index (χ4v) is 2.47. The fourth-order valence-electron chi connectivity index (χ4n) is 2.47. The van der Waals surface area contributed by atoms with E-state index in [-0.39, 0.29) is 5.78 Å². The molecule has 1 atom stereocenters. The molecule has 0 saturated carbocycles. The van der Waals surface area contributed by atoms with Gasteiger partial charge in [-0.3, -0.25) is 4.79 Å². The first-order valence-electron chi connectivity index (χ1n) is 8.28. The molecule has 0 N–H and O–H groups in total. The van der Waals surface area contributed by atoms with Crippen LogP contribution in [0.2, 0.25) is 0 Å². The monoisotopic (exact) mass is 370 g/mol. The Morgan fingerprint density at radius 2 is 1.52 bits per heavy atom. The lowest BCUT2D eigenvalue weighted by Crippen LogP contribution is -2.23. The Morgan fingerprint density at radius 1 is 0.926 bits per heavy atom. The van der Waals surface area contributed by atoms with Crippen LogP contribution in [-0.4, -0.2) is 39.2 Å². The van der Waals surface area contributed by atoms with Crippen molar-refractivity contribution >= 4 is 17.8 Å². The second kappa shape index (κ2) is 9.43. The van der Waals surface area contributed by atoms with Crippen LogP contribution in [0.1, 0.15) is 22.8 Å². The van der Waals surface area contributed by atoms with E-state index in [9.17, 15) is 9.59 Å². The Kier molecular flexibility index (Phi) is 7.00. The molecule has 0 aliphatic carbocycles.